The molecule has 0 spiro atoms. The van der Waals surface area contributed by atoms with Crippen molar-refractivity contribution in [3.05, 3.63) is 29.8 Å². The van der Waals surface area contributed by atoms with Crippen LogP contribution in [0.5, 0.6) is 5.75 Å². The molecular weight excluding hydrogens is 226 g/mol. The van der Waals surface area contributed by atoms with Crippen LogP contribution in [-0.2, 0) is 4.74 Å². The first-order valence-electron chi connectivity index (χ1n) is 6.72. The predicted octanol–water partition coefficient (Wildman–Crippen LogP) is 2.87. The van der Waals surface area contributed by atoms with Gasteiger partial charge in [-0.25, -0.2) is 0 Å². The lowest BCUT2D eigenvalue weighted by Gasteiger charge is -2.25. The van der Waals surface area contributed by atoms with Crippen LogP contribution in [0.4, 0.5) is 0 Å². The Morgan fingerprint density at radius 1 is 1.33 bits per heavy atom. The van der Waals surface area contributed by atoms with E-state index in [4.69, 9.17) is 9.47 Å². The van der Waals surface area contributed by atoms with Crippen LogP contribution < -0.4 is 4.74 Å². The Balaban J connectivity index is 2.01. The van der Waals surface area contributed by atoms with E-state index in [9.17, 15) is 0 Å². The number of benzene rings is 1. The molecule has 3 nitrogen and oxygen atoms in total. The first kappa shape index (κ1) is 13.4. The maximum atomic E-state index is 5.31. The van der Waals surface area contributed by atoms with Crippen molar-refractivity contribution in [3.8, 4) is 5.75 Å². The molecule has 1 aromatic rings. The van der Waals surface area contributed by atoms with Gasteiger partial charge in [-0.3, -0.25) is 4.90 Å². The van der Waals surface area contributed by atoms with Gasteiger partial charge in [0.05, 0.1) is 7.11 Å². The number of likely N-dealkylation sites (tertiary alicyclic amines) is 1. The van der Waals surface area contributed by atoms with Gasteiger partial charge in [-0.15, -0.1) is 0 Å². The summed E-state index contributed by atoms with van der Waals surface area (Å²) in [4.78, 5) is 2.56. The van der Waals surface area contributed by atoms with Crippen molar-refractivity contribution in [1.82, 2.24) is 4.90 Å². The van der Waals surface area contributed by atoms with Crippen LogP contribution in [0, 0.1) is 0 Å². The van der Waals surface area contributed by atoms with E-state index in [0.29, 0.717) is 6.04 Å². The minimum Gasteiger partial charge on any atom is -0.497 e. The van der Waals surface area contributed by atoms with Crippen LogP contribution >= 0.6 is 0 Å². The molecule has 1 aromatic carbocycles. The lowest BCUT2D eigenvalue weighted by molar-refractivity contribution is 0.167. The molecule has 1 aliphatic rings. The second-order valence-corrected chi connectivity index (χ2v) is 4.82. The molecule has 2 rings (SSSR count). The Morgan fingerprint density at radius 3 is 3.00 bits per heavy atom. The van der Waals surface area contributed by atoms with Crippen LogP contribution in [0.1, 0.15) is 30.9 Å². The summed E-state index contributed by atoms with van der Waals surface area (Å²) < 4.78 is 10.4. The smallest absolute Gasteiger partial charge is 0.119 e. The van der Waals surface area contributed by atoms with E-state index < -0.39 is 0 Å². The molecule has 100 valence electrons. The molecule has 1 heterocycles. The van der Waals surface area contributed by atoms with E-state index in [2.05, 4.69) is 23.1 Å². The van der Waals surface area contributed by atoms with Gasteiger partial charge in [0.15, 0.2) is 0 Å². The standard InChI is InChI=1S/C15H23NO2/c1-17-11-5-10-16-9-4-8-15(16)13-6-3-7-14(12-13)18-2/h3,6-7,12,15H,4-5,8-11H2,1-2H3/t15-/m0/s1. The summed E-state index contributed by atoms with van der Waals surface area (Å²) in [7, 11) is 3.49. The van der Waals surface area contributed by atoms with Gasteiger partial charge in [-0.1, -0.05) is 12.1 Å². The number of ether oxygens (including phenoxy) is 2. The Hall–Kier alpha value is -1.06. The lowest BCUT2D eigenvalue weighted by Crippen LogP contribution is -2.25. The molecule has 1 saturated heterocycles. The molecule has 0 aliphatic carbocycles. The SMILES string of the molecule is COCCCN1CCC[C@H]1c1cccc(OC)c1. The van der Waals surface area contributed by atoms with Crippen molar-refractivity contribution >= 4 is 0 Å². The van der Waals surface area contributed by atoms with Gasteiger partial charge in [0.2, 0.25) is 0 Å². The summed E-state index contributed by atoms with van der Waals surface area (Å²) in [6.07, 6.45) is 3.64. The highest BCUT2D eigenvalue weighted by Gasteiger charge is 2.25. The monoisotopic (exact) mass is 249 g/mol. The average Bonchev–Trinajstić information content (AvgIpc) is 2.87. The van der Waals surface area contributed by atoms with Gasteiger partial charge in [-0.2, -0.15) is 0 Å². The second-order valence-electron chi connectivity index (χ2n) is 4.82. The molecule has 1 aliphatic heterocycles. The number of nitrogens with zero attached hydrogens (tertiary/aromatic N) is 1. The first-order chi connectivity index (χ1) is 8.85. The number of hydrogen-bond acceptors (Lipinski definition) is 3. The average molecular weight is 249 g/mol. The molecule has 0 aromatic heterocycles. The first-order valence-corrected chi connectivity index (χ1v) is 6.72. The second kappa shape index (κ2) is 6.76. The summed E-state index contributed by atoms with van der Waals surface area (Å²) in [5, 5.41) is 0. The van der Waals surface area contributed by atoms with Crippen molar-refractivity contribution in [3.63, 3.8) is 0 Å². The van der Waals surface area contributed by atoms with Crippen LogP contribution in [0.15, 0.2) is 24.3 Å². The van der Waals surface area contributed by atoms with Crippen molar-refractivity contribution < 1.29 is 9.47 Å². The van der Waals surface area contributed by atoms with Gasteiger partial charge in [0, 0.05) is 26.3 Å². The molecule has 1 atom stereocenters. The molecule has 0 radical (unpaired) electrons. The van der Waals surface area contributed by atoms with Crippen molar-refractivity contribution in [2.24, 2.45) is 0 Å². The fraction of sp³-hybridized carbons (Fsp3) is 0.600. The molecule has 0 amide bonds. The van der Waals surface area contributed by atoms with Crippen molar-refractivity contribution in [2.45, 2.75) is 25.3 Å². The molecule has 0 saturated carbocycles. The molecule has 0 unspecified atom stereocenters. The van der Waals surface area contributed by atoms with Gasteiger partial charge in [-0.05, 0) is 43.5 Å². The van der Waals surface area contributed by atoms with Crippen LogP contribution in [-0.4, -0.2) is 38.8 Å². The summed E-state index contributed by atoms with van der Waals surface area (Å²) in [5.41, 5.74) is 1.38. The van der Waals surface area contributed by atoms with E-state index in [1.165, 1.54) is 24.9 Å². The maximum absolute atomic E-state index is 5.31. The molecule has 18 heavy (non-hydrogen) atoms. The Kier molecular flexibility index (Phi) is 5.02. The largest absolute Gasteiger partial charge is 0.497 e. The molecule has 0 N–H and O–H groups in total. The number of rotatable bonds is 6. The fourth-order valence-corrected chi connectivity index (χ4v) is 2.73. The normalized spacial score (nSPS) is 20.2. The van der Waals surface area contributed by atoms with E-state index in [0.717, 1.165) is 25.3 Å². The predicted molar refractivity (Wildman–Crippen MR) is 73.0 cm³/mol. The Labute approximate surface area is 110 Å². The van der Waals surface area contributed by atoms with E-state index in [1.54, 1.807) is 14.2 Å². The Morgan fingerprint density at radius 2 is 2.22 bits per heavy atom. The molecule has 3 heteroatoms. The fourth-order valence-electron chi connectivity index (χ4n) is 2.73. The van der Waals surface area contributed by atoms with Crippen LogP contribution in [0.2, 0.25) is 0 Å². The third kappa shape index (κ3) is 3.24. The van der Waals surface area contributed by atoms with Crippen molar-refractivity contribution in [2.75, 3.05) is 33.9 Å². The van der Waals surface area contributed by atoms with Crippen LogP contribution in [0.3, 0.4) is 0 Å². The summed E-state index contributed by atoms with van der Waals surface area (Å²) in [6.45, 7) is 3.17. The zero-order valence-corrected chi connectivity index (χ0v) is 11.4. The van der Waals surface area contributed by atoms with Gasteiger partial charge < -0.3 is 9.47 Å². The minimum absolute atomic E-state index is 0.553. The number of methoxy groups -OCH3 is 2. The van der Waals surface area contributed by atoms with E-state index in [-0.39, 0.29) is 0 Å². The van der Waals surface area contributed by atoms with Gasteiger partial charge >= 0.3 is 0 Å². The van der Waals surface area contributed by atoms with Crippen LogP contribution in [0.25, 0.3) is 0 Å². The molecule has 0 bridgehead atoms. The summed E-state index contributed by atoms with van der Waals surface area (Å²) >= 11 is 0. The zero-order valence-electron chi connectivity index (χ0n) is 11.4. The third-order valence-corrected chi connectivity index (χ3v) is 3.64. The van der Waals surface area contributed by atoms with Gasteiger partial charge in [0.1, 0.15) is 5.75 Å². The lowest BCUT2D eigenvalue weighted by atomic mass is 10.0. The van der Waals surface area contributed by atoms with E-state index in [1.807, 2.05) is 6.07 Å². The highest BCUT2D eigenvalue weighted by atomic mass is 16.5. The Bertz CT molecular complexity index is 367. The quantitative estimate of drug-likeness (QED) is 0.724. The zero-order chi connectivity index (χ0) is 12.8. The highest BCUT2D eigenvalue weighted by molar-refractivity contribution is 5.31. The topological polar surface area (TPSA) is 21.7 Å². The highest BCUT2D eigenvalue weighted by Crippen LogP contribution is 2.33. The van der Waals surface area contributed by atoms with E-state index >= 15 is 0 Å². The number of hydrogen-bond donors (Lipinski definition) is 0. The van der Waals surface area contributed by atoms with Gasteiger partial charge in [0.25, 0.3) is 0 Å². The molecular formula is C15H23NO2. The molecule has 1 fully saturated rings. The minimum atomic E-state index is 0.553. The van der Waals surface area contributed by atoms with Crippen molar-refractivity contribution in [1.29, 1.82) is 0 Å². The maximum Gasteiger partial charge on any atom is 0.119 e. The summed E-state index contributed by atoms with van der Waals surface area (Å²) in [5.74, 6) is 0.955. The third-order valence-electron chi connectivity index (χ3n) is 3.64. The summed E-state index contributed by atoms with van der Waals surface area (Å²) in [6, 6.07) is 9.02.